The Kier molecular flexibility index (Phi) is 7.26. The van der Waals surface area contributed by atoms with Crippen molar-refractivity contribution in [1.29, 1.82) is 0 Å². The Morgan fingerprint density at radius 2 is 1.81 bits per heavy atom. The van der Waals surface area contributed by atoms with Gasteiger partial charge in [-0.15, -0.1) is 0 Å². The van der Waals surface area contributed by atoms with Gasteiger partial charge in [-0.05, 0) is 36.8 Å². The monoisotopic (exact) mass is 424 g/mol. The van der Waals surface area contributed by atoms with Crippen molar-refractivity contribution in [3.05, 3.63) is 66.1 Å². The number of hydrogen-bond donors (Lipinski definition) is 1. The Bertz CT molecular complexity index is 1030. The molecule has 1 atom stereocenters. The standard InChI is InChI=1S/C23H24N2O6/c1-15(22(27)24-13-16-9-10-19(28-2)20(11-16)29-3)31-21(26)12-18-14-30-23(25-18)17-7-5-4-6-8-17/h4-11,14-15H,12-13H2,1-3H3,(H,24,27). The summed E-state index contributed by atoms with van der Waals surface area (Å²) in [7, 11) is 3.09. The summed E-state index contributed by atoms with van der Waals surface area (Å²) in [6.45, 7) is 1.77. The zero-order valence-corrected chi connectivity index (χ0v) is 17.6. The number of benzene rings is 2. The highest BCUT2D eigenvalue weighted by Gasteiger charge is 2.19. The molecule has 0 saturated carbocycles. The second-order valence-electron chi connectivity index (χ2n) is 6.73. The van der Waals surface area contributed by atoms with Gasteiger partial charge < -0.3 is 23.9 Å². The Balaban J connectivity index is 1.49. The molecule has 1 amide bonds. The Morgan fingerprint density at radius 3 is 2.52 bits per heavy atom. The van der Waals surface area contributed by atoms with Crippen LogP contribution in [0.1, 0.15) is 18.2 Å². The fourth-order valence-corrected chi connectivity index (χ4v) is 2.87. The second-order valence-corrected chi connectivity index (χ2v) is 6.73. The third-order valence-corrected chi connectivity index (χ3v) is 4.49. The van der Waals surface area contributed by atoms with E-state index in [-0.39, 0.29) is 13.0 Å². The lowest BCUT2D eigenvalue weighted by molar-refractivity contribution is -0.154. The van der Waals surface area contributed by atoms with Crippen molar-refractivity contribution < 1.29 is 28.2 Å². The van der Waals surface area contributed by atoms with Crippen molar-refractivity contribution in [1.82, 2.24) is 10.3 Å². The van der Waals surface area contributed by atoms with E-state index < -0.39 is 18.0 Å². The van der Waals surface area contributed by atoms with E-state index in [9.17, 15) is 9.59 Å². The molecule has 3 aromatic rings. The summed E-state index contributed by atoms with van der Waals surface area (Å²) in [5.74, 6) is 0.610. The molecular formula is C23H24N2O6. The largest absolute Gasteiger partial charge is 0.493 e. The maximum atomic E-state index is 12.3. The van der Waals surface area contributed by atoms with Crippen molar-refractivity contribution >= 4 is 11.9 Å². The Morgan fingerprint density at radius 1 is 1.06 bits per heavy atom. The van der Waals surface area contributed by atoms with Gasteiger partial charge >= 0.3 is 5.97 Å². The predicted octanol–water partition coefficient (Wildman–Crippen LogP) is 3.15. The predicted molar refractivity (Wildman–Crippen MR) is 113 cm³/mol. The molecule has 2 aromatic carbocycles. The van der Waals surface area contributed by atoms with Gasteiger partial charge in [0.05, 0.1) is 26.3 Å². The number of nitrogens with zero attached hydrogens (tertiary/aromatic N) is 1. The molecule has 1 unspecified atom stereocenters. The van der Waals surface area contributed by atoms with Crippen LogP contribution in [0.25, 0.3) is 11.5 Å². The molecular weight excluding hydrogens is 400 g/mol. The van der Waals surface area contributed by atoms with Crippen LogP contribution in [0.3, 0.4) is 0 Å². The van der Waals surface area contributed by atoms with Gasteiger partial charge in [-0.25, -0.2) is 4.98 Å². The van der Waals surface area contributed by atoms with Gasteiger partial charge in [-0.2, -0.15) is 0 Å². The molecule has 0 aliphatic rings. The number of carbonyl (C=O) groups is 2. The van der Waals surface area contributed by atoms with Gasteiger partial charge in [0.2, 0.25) is 5.89 Å². The molecule has 0 fully saturated rings. The number of methoxy groups -OCH3 is 2. The first-order valence-electron chi connectivity index (χ1n) is 9.68. The average molecular weight is 424 g/mol. The minimum Gasteiger partial charge on any atom is -0.493 e. The van der Waals surface area contributed by atoms with Crippen LogP contribution in [-0.2, 0) is 27.3 Å². The highest BCUT2D eigenvalue weighted by molar-refractivity contribution is 5.83. The minimum absolute atomic E-state index is 0.0936. The molecule has 1 N–H and O–H groups in total. The van der Waals surface area contributed by atoms with Gasteiger partial charge in [0.1, 0.15) is 6.26 Å². The maximum Gasteiger partial charge on any atom is 0.312 e. The third-order valence-electron chi connectivity index (χ3n) is 4.49. The van der Waals surface area contributed by atoms with E-state index in [4.69, 9.17) is 18.6 Å². The van der Waals surface area contributed by atoms with Crippen LogP contribution in [-0.4, -0.2) is 37.2 Å². The molecule has 31 heavy (non-hydrogen) atoms. The van der Waals surface area contributed by atoms with Crippen LogP contribution in [0.2, 0.25) is 0 Å². The number of nitrogens with one attached hydrogen (secondary N) is 1. The van der Waals surface area contributed by atoms with Crippen molar-refractivity contribution in [3.8, 4) is 23.0 Å². The normalized spacial score (nSPS) is 11.5. The van der Waals surface area contributed by atoms with E-state index >= 15 is 0 Å². The number of amides is 1. The van der Waals surface area contributed by atoms with Crippen LogP contribution < -0.4 is 14.8 Å². The van der Waals surface area contributed by atoms with Crippen LogP contribution in [0.5, 0.6) is 11.5 Å². The van der Waals surface area contributed by atoms with Crippen LogP contribution in [0.15, 0.2) is 59.2 Å². The fourth-order valence-electron chi connectivity index (χ4n) is 2.87. The zero-order chi connectivity index (χ0) is 22.2. The number of rotatable bonds is 9. The summed E-state index contributed by atoms with van der Waals surface area (Å²) < 4.78 is 21.1. The first-order valence-corrected chi connectivity index (χ1v) is 9.68. The van der Waals surface area contributed by atoms with Crippen molar-refractivity contribution in [2.45, 2.75) is 26.0 Å². The summed E-state index contributed by atoms with van der Waals surface area (Å²) in [6, 6.07) is 14.7. The molecule has 8 nitrogen and oxygen atoms in total. The van der Waals surface area contributed by atoms with Gasteiger partial charge in [0.25, 0.3) is 5.91 Å². The van der Waals surface area contributed by atoms with Crippen LogP contribution in [0, 0.1) is 0 Å². The average Bonchev–Trinajstić information content (AvgIpc) is 3.25. The maximum absolute atomic E-state index is 12.3. The lowest BCUT2D eigenvalue weighted by Gasteiger charge is -2.14. The lowest BCUT2D eigenvalue weighted by atomic mass is 10.2. The third kappa shape index (κ3) is 5.85. The summed E-state index contributed by atoms with van der Waals surface area (Å²) in [5.41, 5.74) is 2.06. The van der Waals surface area contributed by atoms with Crippen LogP contribution in [0.4, 0.5) is 0 Å². The Labute approximate surface area is 180 Å². The molecule has 0 aliphatic carbocycles. The number of aromatic nitrogens is 1. The first-order chi connectivity index (χ1) is 15.0. The first kappa shape index (κ1) is 21.9. The molecule has 1 heterocycles. The summed E-state index contributed by atoms with van der Waals surface area (Å²) in [6.07, 6.45) is 0.364. The van der Waals surface area contributed by atoms with Crippen molar-refractivity contribution in [3.63, 3.8) is 0 Å². The van der Waals surface area contributed by atoms with Gasteiger partial charge in [0, 0.05) is 12.1 Å². The van der Waals surface area contributed by atoms with Gasteiger partial charge in [0.15, 0.2) is 17.6 Å². The number of hydrogen-bond acceptors (Lipinski definition) is 7. The summed E-state index contributed by atoms with van der Waals surface area (Å²) in [4.78, 5) is 28.8. The Hall–Kier alpha value is -3.81. The SMILES string of the molecule is COc1ccc(CNC(=O)C(C)OC(=O)Cc2coc(-c3ccccc3)n2)cc1OC. The highest BCUT2D eigenvalue weighted by Crippen LogP contribution is 2.27. The lowest BCUT2D eigenvalue weighted by Crippen LogP contribution is -2.35. The molecule has 1 aromatic heterocycles. The molecule has 3 rings (SSSR count). The van der Waals surface area contributed by atoms with E-state index in [2.05, 4.69) is 10.3 Å². The second kappa shape index (κ2) is 10.3. The van der Waals surface area contributed by atoms with Crippen molar-refractivity contribution in [2.24, 2.45) is 0 Å². The van der Waals surface area contributed by atoms with E-state index in [1.54, 1.807) is 26.4 Å². The molecule has 0 radical (unpaired) electrons. The smallest absolute Gasteiger partial charge is 0.312 e. The highest BCUT2D eigenvalue weighted by atomic mass is 16.5. The number of oxazole rings is 1. The molecule has 162 valence electrons. The quantitative estimate of drug-likeness (QED) is 0.527. The fraction of sp³-hybridized carbons (Fsp3) is 0.261. The summed E-state index contributed by atoms with van der Waals surface area (Å²) >= 11 is 0. The van der Waals surface area contributed by atoms with Crippen molar-refractivity contribution in [2.75, 3.05) is 14.2 Å². The summed E-state index contributed by atoms with van der Waals surface area (Å²) in [5, 5.41) is 2.74. The molecule has 0 spiro atoms. The topological polar surface area (TPSA) is 99.9 Å². The number of ether oxygens (including phenoxy) is 3. The molecule has 0 aliphatic heterocycles. The van der Waals surface area contributed by atoms with E-state index in [1.165, 1.54) is 13.2 Å². The number of esters is 1. The minimum atomic E-state index is -0.951. The van der Waals surface area contributed by atoms with Gasteiger partial charge in [-0.1, -0.05) is 24.3 Å². The van der Waals surface area contributed by atoms with Gasteiger partial charge in [-0.3, -0.25) is 9.59 Å². The number of carbonyl (C=O) groups excluding carboxylic acids is 2. The zero-order valence-electron chi connectivity index (χ0n) is 17.6. The van der Waals surface area contributed by atoms with E-state index in [1.807, 2.05) is 36.4 Å². The van der Waals surface area contributed by atoms with E-state index in [0.29, 0.717) is 23.1 Å². The molecule has 0 bridgehead atoms. The molecule has 8 heteroatoms. The van der Waals surface area contributed by atoms with E-state index in [0.717, 1.165) is 11.1 Å². The van der Waals surface area contributed by atoms with Crippen LogP contribution >= 0.6 is 0 Å². The molecule has 0 saturated heterocycles.